The second-order valence-corrected chi connectivity index (χ2v) is 8.50. The lowest BCUT2D eigenvalue weighted by Gasteiger charge is -2.26. The van der Waals surface area contributed by atoms with Crippen molar-refractivity contribution in [3.8, 4) is 0 Å². The van der Waals surface area contributed by atoms with Crippen LogP contribution in [-0.2, 0) is 10.0 Å². The van der Waals surface area contributed by atoms with Crippen LogP contribution < -0.4 is 0 Å². The summed E-state index contributed by atoms with van der Waals surface area (Å²) in [5.74, 6) is 0. The molecule has 20 heavy (non-hydrogen) atoms. The molecule has 1 aliphatic rings. The van der Waals surface area contributed by atoms with Crippen LogP contribution >= 0.6 is 27.5 Å². The highest BCUT2D eigenvalue weighted by molar-refractivity contribution is 9.10. The van der Waals surface area contributed by atoms with Gasteiger partial charge in [-0.3, -0.25) is 0 Å². The third kappa shape index (κ3) is 3.56. The lowest BCUT2D eigenvalue weighted by atomic mass is 10.1. The van der Waals surface area contributed by atoms with Crippen molar-refractivity contribution in [2.24, 2.45) is 0 Å². The maximum atomic E-state index is 12.7. The second-order valence-electron chi connectivity index (χ2n) is 5.24. The van der Waals surface area contributed by atoms with E-state index in [1.165, 1.54) is 17.1 Å². The summed E-state index contributed by atoms with van der Waals surface area (Å²) in [4.78, 5) is 0.292. The van der Waals surface area contributed by atoms with Gasteiger partial charge in [0.2, 0.25) is 10.0 Å². The summed E-state index contributed by atoms with van der Waals surface area (Å²) in [5, 5.41) is 0.515. The number of halogens is 2. The zero-order valence-corrected chi connectivity index (χ0v) is 14.6. The second kappa shape index (κ2) is 6.77. The van der Waals surface area contributed by atoms with Gasteiger partial charge in [-0.2, -0.15) is 4.31 Å². The Kier molecular flexibility index (Phi) is 5.51. The molecule has 1 aliphatic carbocycles. The molecular weight excluding hydrogens is 362 g/mol. The SMILES string of the molecule is CN(C1CCCCCC1)S(=O)(=O)c1ccc(Cl)c(Br)c1. The topological polar surface area (TPSA) is 37.4 Å². The molecule has 0 radical (unpaired) electrons. The summed E-state index contributed by atoms with van der Waals surface area (Å²) < 4.78 is 27.5. The third-order valence-corrected chi connectivity index (χ3v) is 7.03. The molecule has 1 aromatic rings. The molecule has 6 heteroatoms. The maximum Gasteiger partial charge on any atom is 0.243 e. The highest BCUT2D eigenvalue weighted by atomic mass is 79.9. The van der Waals surface area contributed by atoms with Gasteiger partial charge in [0, 0.05) is 17.6 Å². The van der Waals surface area contributed by atoms with Crippen LogP contribution in [0.5, 0.6) is 0 Å². The Hall–Kier alpha value is -0.100. The van der Waals surface area contributed by atoms with Gasteiger partial charge in [-0.15, -0.1) is 0 Å². The Balaban J connectivity index is 2.26. The van der Waals surface area contributed by atoms with E-state index in [0.29, 0.717) is 14.4 Å². The van der Waals surface area contributed by atoms with Crippen molar-refractivity contribution in [2.45, 2.75) is 49.5 Å². The first-order valence-electron chi connectivity index (χ1n) is 6.86. The van der Waals surface area contributed by atoms with Gasteiger partial charge >= 0.3 is 0 Å². The minimum Gasteiger partial charge on any atom is -0.207 e. The molecule has 0 aromatic heterocycles. The average molecular weight is 381 g/mol. The molecule has 0 atom stereocenters. The van der Waals surface area contributed by atoms with Crippen LogP contribution in [0.25, 0.3) is 0 Å². The Labute approximate surface area is 134 Å². The van der Waals surface area contributed by atoms with Crippen molar-refractivity contribution < 1.29 is 8.42 Å². The standard InChI is InChI=1S/C14H19BrClNO2S/c1-17(11-6-4-2-3-5-7-11)20(18,19)12-8-9-14(16)13(15)10-12/h8-11H,2-7H2,1H3. The lowest BCUT2D eigenvalue weighted by Crippen LogP contribution is -2.36. The first-order chi connectivity index (χ1) is 9.43. The van der Waals surface area contributed by atoms with E-state index in [-0.39, 0.29) is 6.04 Å². The van der Waals surface area contributed by atoms with Crippen LogP contribution in [0, 0.1) is 0 Å². The molecule has 3 nitrogen and oxygen atoms in total. The molecule has 0 aliphatic heterocycles. The smallest absolute Gasteiger partial charge is 0.207 e. The molecule has 1 aromatic carbocycles. The summed E-state index contributed by atoms with van der Waals surface area (Å²) in [6.45, 7) is 0. The molecule has 1 fully saturated rings. The normalized spacial score (nSPS) is 18.2. The van der Waals surface area contributed by atoms with E-state index in [9.17, 15) is 8.42 Å². The minimum atomic E-state index is -3.45. The van der Waals surface area contributed by atoms with Crippen LogP contribution in [0.15, 0.2) is 27.6 Å². The Bertz CT molecular complexity index is 569. The monoisotopic (exact) mass is 379 g/mol. The van der Waals surface area contributed by atoms with Gasteiger partial charge in [0.25, 0.3) is 0 Å². The zero-order chi connectivity index (χ0) is 14.8. The fourth-order valence-electron chi connectivity index (χ4n) is 2.62. The highest BCUT2D eigenvalue weighted by Crippen LogP contribution is 2.29. The van der Waals surface area contributed by atoms with Crippen molar-refractivity contribution in [1.29, 1.82) is 0 Å². The van der Waals surface area contributed by atoms with Crippen molar-refractivity contribution in [2.75, 3.05) is 7.05 Å². The predicted molar refractivity (Wildman–Crippen MR) is 85.6 cm³/mol. The molecule has 2 rings (SSSR count). The van der Waals surface area contributed by atoms with Gasteiger partial charge in [0.05, 0.1) is 9.92 Å². The molecule has 0 amide bonds. The van der Waals surface area contributed by atoms with Crippen molar-refractivity contribution >= 4 is 37.6 Å². The summed E-state index contributed by atoms with van der Waals surface area (Å²) in [6, 6.07) is 4.86. The third-order valence-electron chi connectivity index (χ3n) is 3.91. The first-order valence-corrected chi connectivity index (χ1v) is 9.47. The van der Waals surface area contributed by atoms with Gasteiger partial charge in [0.15, 0.2) is 0 Å². The number of nitrogens with zero attached hydrogens (tertiary/aromatic N) is 1. The molecule has 0 bridgehead atoms. The highest BCUT2D eigenvalue weighted by Gasteiger charge is 2.28. The molecule has 0 heterocycles. The summed E-state index contributed by atoms with van der Waals surface area (Å²) in [5.41, 5.74) is 0. The van der Waals surface area contributed by atoms with Crippen LogP contribution in [0.3, 0.4) is 0 Å². The van der Waals surface area contributed by atoms with Crippen molar-refractivity contribution in [3.05, 3.63) is 27.7 Å². The summed E-state index contributed by atoms with van der Waals surface area (Å²) in [6.07, 6.45) is 6.52. The number of hydrogen-bond acceptors (Lipinski definition) is 2. The average Bonchev–Trinajstić information content (AvgIpc) is 2.69. The van der Waals surface area contributed by atoms with Crippen LogP contribution in [0.1, 0.15) is 38.5 Å². The fraction of sp³-hybridized carbons (Fsp3) is 0.571. The molecule has 112 valence electrons. The molecule has 0 N–H and O–H groups in total. The first kappa shape index (κ1) is 16.3. The van der Waals surface area contributed by atoms with Gasteiger partial charge in [0.1, 0.15) is 0 Å². The predicted octanol–water partition coefficient (Wildman–Crippen LogP) is 4.45. The van der Waals surface area contributed by atoms with E-state index in [2.05, 4.69) is 15.9 Å². The lowest BCUT2D eigenvalue weighted by molar-refractivity contribution is 0.335. The van der Waals surface area contributed by atoms with Gasteiger partial charge in [-0.1, -0.05) is 37.3 Å². The van der Waals surface area contributed by atoms with Crippen molar-refractivity contribution in [1.82, 2.24) is 4.31 Å². The van der Waals surface area contributed by atoms with Crippen LogP contribution in [0.2, 0.25) is 5.02 Å². The molecule has 1 saturated carbocycles. The zero-order valence-electron chi connectivity index (χ0n) is 11.5. The largest absolute Gasteiger partial charge is 0.243 e. The minimum absolute atomic E-state index is 0.108. The van der Waals surface area contributed by atoms with Crippen LogP contribution in [-0.4, -0.2) is 25.8 Å². The Morgan fingerprint density at radius 1 is 1.20 bits per heavy atom. The number of hydrogen-bond donors (Lipinski definition) is 0. The van der Waals surface area contributed by atoms with E-state index >= 15 is 0 Å². The molecule has 0 saturated heterocycles. The van der Waals surface area contributed by atoms with Crippen LogP contribution in [0.4, 0.5) is 0 Å². The van der Waals surface area contributed by atoms with E-state index in [1.54, 1.807) is 25.2 Å². The Morgan fingerprint density at radius 2 is 1.80 bits per heavy atom. The van der Waals surface area contributed by atoms with E-state index in [1.807, 2.05) is 0 Å². The van der Waals surface area contributed by atoms with Crippen molar-refractivity contribution in [3.63, 3.8) is 0 Å². The fourth-order valence-corrected chi connectivity index (χ4v) is 4.71. The number of sulfonamides is 1. The van der Waals surface area contributed by atoms with Gasteiger partial charge in [-0.05, 0) is 47.0 Å². The number of benzene rings is 1. The van der Waals surface area contributed by atoms with Gasteiger partial charge < -0.3 is 0 Å². The molecular formula is C14H19BrClNO2S. The van der Waals surface area contributed by atoms with E-state index < -0.39 is 10.0 Å². The number of rotatable bonds is 3. The van der Waals surface area contributed by atoms with E-state index in [4.69, 9.17) is 11.6 Å². The molecule has 0 spiro atoms. The summed E-state index contributed by atoms with van der Waals surface area (Å²) >= 11 is 9.21. The summed E-state index contributed by atoms with van der Waals surface area (Å²) in [7, 11) is -1.76. The van der Waals surface area contributed by atoms with Gasteiger partial charge in [-0.25, -0.2) is 8.42 Å². The molecule has 0 unspecified atom stereocenters. The van der Waals surface area contributed by atoms with E-state index in [0.717, 1.165) is 25.7 Å². The maximum absolute atomic E-state index is 12.7. The Morgan fingerprint density at radius 3 is 2.35 bits per heavy atom. The quantitative estimate of drug-likeness (QED) is 0.727.